The Labute approximate surface area is 218 Å². The van der Waals surface area contributed by atoms with Gasteiger partial charge in [-0.2, -0.15) is 5.26 Å². The summed E-state index contributed by atoms with van der Waals surface area (Å²) in [6.07, 6.45) is 0. The molecule has 0 amide bonds. The van der Waals surface area contributed by atoms with E-state index >= 15 is 0 Å². The fourth-order valence-corrected chi connectivity index (χ4v) is 6.35. The van der Waals surface area contributed by atoms with Gasteiger partial charge in [0.15, 0.2) is 5.78 Å². The molecule has 0 spiro atoms. The summed E-state index contributed by atoms with van der Waals surface area (Å²) in [6.45, 7) is 3.23. The summed E-state index contributed by atoms with van der Waals surface area (Å²) in [5, 5.41) is 25.9. The third-order valence-electron chi connectivity index (χ3n) is 6.24. The number of nitrogen functional groups attached to an aromatic ring is 1. The number of ketones is 1. The van der Waals surface area contributed by atoms with Gasteiger partial charge < -0.3 is 11.1 Å². The number of hydrogen-bond acceptors (Lipinski definition) is 8. The predicted octanol–water partition coefficient (Wildman–Crippen LogP) is 6.51. The molecule has 36 heavy (non-hydrogen) atoms. The van der Waals surface area contributed by atoms with Gasteiger partial charge in [-0.15, -0.1) is 11.3 Å². The van der Waals surface area contributed by atoms with Crippen LogP contribution in [0.25, 0.3) is 21.3 Å². The molecular weight excluding hydrogens is 542 g/mol. The molecule has 1 aliphatic rings. The minimum absolute atomic E-state index is 0.0560. The number of allylic oxidation sites excluding steroid dienone is 2. The molecule has 0 saturated heterocycles. The van der Waals surface area contributed by atoms with Gasteiger partial charge in [0.1, 0.15) is 17.5 Å². The fraction of sp³-hybridized carbons (Fsp3) is 0.115. The number of benzene rings is 2. The number of halogens is 1. The van der Waals surface area contributed by atoms with Gasteiger partial charge in [-0.05, 0) is 31.5 Å². The van der Waals surface area contributed by atoms with Crippen LogP contribution < -0.4 is 11.1 Å². The number of Topliss-reactive ketones (excluding diaryl/α,β-unsaturated/α-hetero) is 1. The lowest BCUT2D eigenvalue weighted by Crippen LogP contribution is -2.21. The quantitative estimate of drug-likeness (QED) is 0.215. The molecule has 5 rings (SSSR count). The van der Waals surface area contributed by atoms with Crippen LogP contribution in [0, 0.1) is 21.4 Å². The standard InChI is InChI=1S/C26H18BrN5O3S/c1-12-19(13(2)33)21(16-5-3-4-6-18(16)32(34)35)22-23-24(36-26(22)30-12)20(17(11-28)25(29)31-23)14-7-9-15(27)10-8-14/h3-10,21,30H,1-2H3,(H2,29,31). The number of carbonyl (C=O) groups excluding carboxylic acids is 1. The molecule has 1 atom stereocenters. The highest BCUT2D eigenvalue weighted by molar-refractivity contribution is 9.10. The number of rotatable bonds is 4. The SMILES string of the molecule is CC(=O)C1=C(C)Nc2sc3c(-c4ccc(Br)cc4)c(C#N)c(N)nc3c2C1c1ccccc1[N+](=O)[O-]. The molecule has 0 radical (unpaired) electrons. The number of fused-ring (bicyclic) bond motifs is 3. The molecule has 2 aromatic heterocycles. The van der Waals surface area contributed by atoms with Crippen molar-refractivity contribution in [2.75, 3.05) is 11.1 Å². The first-order valence-electron chi connectivity index (χ1n) is 10.9. The first-order chi connectivity index (χ1) is 17.2. The van der Waals surface area contributed by atoms with Gasteiger partial charge in [0.2, 0.25) is 0 Å². The van der Waals surface area contributed by atoms with Crippen molar-refractivity contribution in [1.82, 2.24) is 4.98 Å². The first-order valence-corrected chi connectivity index (χ1v) is 12.5. The van der Waals surface area contributed by atoms with Crippen molar-refractivity contribution in [3.63, 3.8) is 0 Å². The molecule has 2 aromatic carbocycles. The summed E-state index contributed by atoms with van der Waals surface area (Å²) >= 11 is 4.83. The van der Waals surface area contributed by atoms with Crippen LogP contribution in [0.2, 0.25) is 0 Å². The van der Waals surface area contributed by atoms with E-state index in [0.29, 0.717) is 43.2 Å². The van der Waals surface area contributed by atoms with Gasteiger partial charge >= 0.3 is 0 Å². The zero-order chi connectivity index (χ0) is 25.7. The Bertz CT molecular complexity index is 1670. The Morgan fingerprint density at radius 2 is 1.94 bits per heavy atom. The maximum absolute atomic E-state index is 12.9. The molecule has 178 valence electrons. The summed E-state index contributed by atoms with van der Waals surface area (Å²) in [5.74, 6) is -0.880. The van der Waals surface area contributed by atoms with Crippen LogP contribution in [-0.2, 0) is 4.79 Å². The predicted molar refractivity (Wildman–Crippen MR) is 144 cm³/mol. The Morgan fingerprint density at radius 3 is 2.58 bits per heavy atom. The van der Waals surface area contributed by atoms with E-state index in [1.54, 1.807) is 25.1 Å². The van der Waals surface area contributed by atoms with E-state index in [4.69, 9.17) is 5.73 Å². The lowest BCUT2D eigenvalue weighted by atomic mass is 9.79. The minimum Gasteiger partial charge on any atom is -0.383 e. The number of nitro benzene ring substituents is 1. The molecule has 3 N–H and O–H groups in total. The normalized spacial score (nSPS) is 14.8. The molecule has 0 fully saturated rings. The van der Waals surface area contributed by atoms with E-state index in [2.05, 4.69) is 32.3 Å². The van der Waals surface area contributed by atoms with E-state index < -0.39 is 10.8 Å². The number of nitro groups is 1. The molecule has 0 aliphatic carbocycles. The largest absolute Gasteiger partial charge is 0.383 e. The van der Waals surface area contributed by atoms with Crippen molar-refractivity contribution in [3.8, 4) is 17.2 Å². The number of nitrogens with two attached hydrogens (primary N) is 1. The number of para-hydroxylation sites is 1. The van der Waals surface area contributed by atoms with Crippen molar-refractivity contribution >= 4 is 59.8 Å². The highest BCUT2D eigenvalue weighted by Crippen LogP contribution is 2.53. The van der Waals surface area contributed by atoms with Gasteiger partial charge in [0, 0.05) is 38.5 Å². The highest BCUT2D eigenvalue weighted by Gasteiger charge is 2.38. The lowest BCUT2D eigenvalue weighted by molar-refractivity contribution is -0.385. The number of nitrogens with zero attached hydrogens (tertiary/aromatic N) is 3. The summed E-state index contributed by atoms with van der Waals surface area (Å²) in [5.41, 5.74) is 10.4. The summed E-state index contributed by atoms with van der Waals surface area (Å²) in [6, 6.07) is 16.1. The van der Waals surface area contributed by atoms with Crippen LogP contribution in [-0.4, -0.2) is 15.7 Å². The first kappa shape index (κ1) is 23.7. The molecule has 1 aliphatic heterocycles. The highest BCUT2D eigenvalue weighted by atomic mass is 79.9. The Balaban J connectivity index is 1.91. The van der Waals surface area contributed by atoms with Crippen LogP contribution in [0.1, 0.15) is 36.5 Å². The third kappa shape index (κ3) is 3.64. The molecule has 4 aromatic rings. The second-order valence-corrected chi connectivity index (χ2v) is 10.3. The van der Waals surface area contributed by atoms with Crippen LogP contribution >= 0.6 is 27.3 Å². The number of thiophene rings is 1. The van der Waals surface area contributed by atoms with Crippen LogP contribution in [0.4, 0.5) is 16.5 Å². The summed E-state index contributed by atoms with van der Waals surface area (Å²) < 4.78 is 1.60. The fourth-order valence-electron chi connectivity index (χ4n) is 4.77. The van der Waals surface area contributed by atoms with Gasteiger partial charge in [0.05, 0.1) is 26.1 Å². The van der Waals surface area contributed by atoms with E-state index in [9.17, 15) is 20.2 Å². The summed E-state index contributed by atoms with van der Waals surface area (Å²) in [7, 11) is 0. The van der Waals surface area contributed by atoms with Crippen molar-refractivity contribution in [2.24, 2.45) is 0 Å². The Hall–Kier alpha value is -4.07. The third-order valence-corrected chi connectivity index (χ3v) is 7.89. The number of hydrogen-bond donors (Lipinski definition) is 2. The minimum atomic E-state index is -0.730. The van der Waals surface area contributed by atoms with Crippen LogP contribution in [0.15, 0.2) is 64.3 Å². The van der Waals surface area contributed by atoms with E-state index in [1.807, 2.05) is 24.3 Å². The second kappa shape index (κ2) is 8.86. The van der Waals surface area contributed by atoms with Crippen LogP contribution in [0.3, 0.4) is 0 Å². The van der Waals surface area contributed by atoms with Crippen molar-refractivity contribution < 1.29 is 9.72 Å². The molecule has 0 saturated carbocycles. The smallest absolute Gasteiger partial charge is 0.273 e. The van der Waals surface area contributed by atoms with E-state index in [1.165, 1.54) is 24.3 Å². The van der Waals surface area contributed by atoms with Crippen molar-refractivity contribution in [2.45, 2.75) is 19.8 Å². The number of carbonyl (C=O) groups is 1. The zero-order valence-electron chi connectivity index (χ0n) is 19.1. The van der Waals surface area contributed by atoms with Gasteiger partial charge in [-0.3, -0.25) is 14.9 Å². The topological polar surface area (TPSA) is 135 Å². The van der Waals surface area contributed by atoms with Gasteiger partial charge in [-0.1, -0.05) is 46.3 Å². The number of anilines is 2. The number of aromatic nitrogens is 1. The molecule has 1 unspecified atom stereocenters. The average molecular weight is 560 g/mol. The zero-order valence-corrected chi connectivity index (χ0v) is 21.5. The Morgan fingerprint density at radius 1 is 1.25 bits per heavy atom. The number of nitrogens with one attached hydrogen (secondary N) is 1. The molecule has 3 heterocycles. The van der Waals surface area contributed by atoms with Crippen molar-refractivity contribution in [1.29, 1.82) is 5.26 Å². The molecular formula is C26H18BrN5O3S. The molecule has 10 heteroatoms. The monoisotopic (exact) mass is 559 g/mol. The van der Waals surface area contributed by atoms with Gasteiger partial charge in [-0.25, -0.2) is 4.98 Å². The summed E-state index contributed by atoms with van der Waals surface area (Å²) in [4.78, 5) is 29.0. The maximum atomic E-state index is 12.9. The number of nitriles is 1. The lowest BCUT2D eigenvalue weighted by Gasteiger charge is -2.27. The van der Waals surface area contributed by atoms with E-state index in [0.717, 1.165) is 10.0 Å². The Kier molecular flexibility index (Phi) is 5.82. The van der Waals surface area contributed by atoms with Gasteiger partial charge in [0.25, 0.3) is 5.69 Å². The number of pyridine rings is 1. The van der Waals surface area contributed by atoms with E-state index in [-0.39, 0.29) is 22.9 Å². The average Bonchev–Trinajstić information content (AvgIpc) is 3.19. The van der Waals surface area contributed by atoms with Crippen molar-refractivity contribution in [3.05, 3.63) is 91.1 Å². The molecule has 8 nitrogen and oxygen atoms in total. The van der Waals surface area contributed by atoms with Crippen LogP contribution in [0.5, 0.6) is 0 Å². The second-order valence-electron chi connectivity index (χ2n) is 8.36. The molecule has 0 bridgehead atoms. The maximum Gasteiger partial charge on any atom is 0.273 e.